The summed E-state index contributed by atoms with van der Waals surface area (Å²) in [5, 5.41) is 20.0. The van der Waals surface area contributed by atoms with Crippen LogP contribution in [-0.4, -0.2) is 90.4 Å². The van der Waals surface area contributed by atoms with Crippen molar-refractivity contribution in [1.82, 2.24) is 20.2 Å². The second-order valence-corrected chi connectivity index (χ2v) is 4.38. The van der Waals surface area contributed by atoms with Gasteiger partial charge in [-0.15, -0.1) is 17.7 Å². The summed E-state index contributed by atoms with van der Waals surface area (Å²) in [6.45, 7) is 2.15. The molecule has 0 spiro atoms. The molecule has 0 saturated carbocycles. The third kappa shape index (κ3) is 8.04. The van der Waals surface area contributed by atoms with Crippen molar-refractivity contribution in [3.05, 3.63) is 0 Å². The van der Waals surface area contributed by atoms with Gasteiger partial charge in [0.05, 0.1) is 0 Å². The van der Waals surface area contributed by atoms with Crippen molar-refractivity contribution in [2.24, 2.45) is 0 Å². The minimum absolute atomic E-state index is 0. The molecule has 19 heavy (non-hydrogen) atoms. The second kappa shape index (κ2) is 12.6. The van der Waals surface area contributed by atoms with E-state index in [0.717, 1.165) is 19.3 Å². The van der Waals surface area contributed by atoms with Gasteiger partial charge >= 0.3 is 65.1 Å². The van der Waals surface area contributed by atoms with E-state index in [0.29, 0.717) is 6.42 Å². The number of tetrazole rings is 1. The number of hydrogen-bond donors (Lipinski definition) is 2. The van der Waals surface area contributed by atoms with Crippen molar-refractivity contribution in [1.29, 1.82) is 0 Å². The predicted octanol–water partition coefficient (Wildman–Crippen LogP) is 0.651. The van der Waals surface area contributed by atoms with E-state index in [1.165, 1.54) is 17.5 Å². The van der Waals surface area contributed by atoms with Gasteiger partial charge in [-0.05, 0) is 16.8 Å². The number of rotatable bonds is 8. The van der Waals surface area contributed by atoms with Crippen LogP contribution >= 0.6 is 12.6 Å². The molecule has 0 aliphatic carbocycles. The quantitative estimate of drug-likeness (QED) is 0.419. The Balaban J connectivity index is 0. The Bertz CT molecular complexity index is 365. The van der Waals surface area contributed by atoms with Gasteiger partial charge in [-0.1, -0.05) is 39.0 Å². The molecule has 1 rings (SSSR count). The molecule has 0 aromatic carbocycles. The number of carbonyl (C=O) groups is 1. The molecule has 1 aromatic heterocycles. The molecule has 6 nitrogen and oxygen atoms in total. The summed E-state index contributed by atoms with van der Waals surface area (Å²) in [6.07, 6.45) is 5.96. The summed E-state index contributed by atoms with van der Waals surface area (Å²) in [5.41, 5.74) is 0. The first kappa shape index (κ1) is 22.2. The van der Waals surface area contributed by atoms with Crippen LogP contribution in [0.2, 0.25) is 0 Å². The topological polar surface area (TPSA) is 80.9 Å². The molecule has 0 bridgehead atoms. The average Bonchev–Trinajstić information content (AvgIpc) is 2.69. The van der Waals surface area contributed by atoms with Crippen LogP contribution in [0.25, 0.3) is 0 Å². The summed E-state index contributed by atoms with van der Waals surface area (Å²) in [7, 11) is 0. The Labute approximate surface area is 163 Å². The summed E-state index contributed by atoms with van der Waals surface area (Å²) >= 11 is 4.02. The molecule has 0 amide bonds. The van der Waals surface area contributed by atoms with Crippen LogP contribution in [0.15, 0.2) is 5.16 Å². The Hall–Kier alpha value is 0.890. The van der Waals surface area contributed by atoms with Gasteiger partial charge in [0.1, 0.15) is 0 Å². The van der Waals surface area contributed by atoms with E-state index in [-0.39, 0.29) is 64.3 Å². The van der Waals surface area contributed by atoms with E-state index in [9.17, 15) is 4.79 Å². The molecular weight excluding hydrogens is 286 g/mol. The van der Waals surface area contributed by atoms with Gasteiger partial charge in [-0.2, -0.15) is 0 Å². The number of carboxylic acids is 1. The normalized spacial score (nSPS) is 11.3. The fourth-order valence-corrected chi connectivity index (χ4v) is 1.90. The molecule has 1 N–H and O–H groups in total. The second-order valence-electron chi connectivity index (χ2n) is 3.98. The van der Waals surface area contributed by atoms with Crippen molar-refractivity contribution in [2.75, 3.05) is 0 Å². The van der Waals surface area contributed by atoms with Crippen molar-refractivity contribution in [3.63, 3.8) is 0 Å². The zero-order chi connectivity index (χ0) is 12.7. The monoisotopic (exact) mass is 306 g/mol. The van der Waals surface area contributed by atoms with E-state index >= 15 is 0 Å². The molecule has 1 heterocycles. The average molecular weight is 306 g/mol. The van der Waals surface area contributed by atoms with Gasteiger partial charge < -0.3 is 5.11 Å². The number of unbranched alkanes of at least 4 members (excludes halogenated alkanes) is 4. The number of aliphatic carboxylic acids is 1. The summed E-state index contributed by atoms with van der Waals surface area (Å²) in [4.78, 5) is 11.1. The SMILES string of the molecule is CCCCCCCC(C(=O)O)n1nnnc1S.[NaH].[NaH]. The van der Waals surface area contributed by atoms with Crippen LogP contribution in [0.3, 0.4) is 0 Å². The standard InChI is InChI=1S/C10H18N4O2S.2Na.2H/c1-2-3-4-5-6-7-8(9(15)16)14-10(17)11-12-13-14;;;;/h8H,2-7H2,1H3,(H,15,16)(H,11,13,17);;;;. The molecule has 0 radical (unpaired) electrons. The van der Waals surface area contributed by atoms with Gasteiger partial charge in [-0.25, -0.2) is 9.48 Å². The summed E-state index contributed by atoms with van der Waals surface area (Å²) in [6, 6.07) is -0.709. The van der Waals surface area contributed by atoms with Gasteiger partial charge in [0.2, 0.25) is 5.16 Å². The van der Waals surface area contributed by atoms with Crippen LogP contribution < -0.4 is 0 Å². The first-order chi connectivity index (χ1) is 8.16. The molecule has 0 aliphatic heterocycles. The van der Waals surface area contributed by atoms with Gasteiger partial charge in [0, 0.05) is 0 Å². The number of aromatic nitrogens is 4. The molecule has 0 aliphatic rings. The van der Waals surface area contributed by atoms with Crippen LogP contribution in [-0.2, 0) is 4.79 Å². The molecule has 9 heteroatoms. The third-order valence-electron chi connectivity index (χ3n) is 2.64. The Morgan fingerprint density at radius 2 is 1.95 bits per heavy atom. The molecule has 0 saturated heterocycles. The Morgan fingerprint density at radius 3 is 2.42 bits per heavy atom. The number of hydrogen-bond acceptors (Lipinski definition) is 5. The zero-order valence-corrected chi connectivity index (χ0v) is 10.8. The molecular formula is C10H20N4Na2O2S. The maximum atomic E-state index is 11.1. The number of carboxylic acid groups (broad SMARTS) is 1. The fourth-order valence-electron chi connectivity index (χ4n) is 1.68. The van der Waals surface area contributed by atoms with Crippen molar-refractivity contribution in [2.45, 2.75) is 56.6 Å². The minimum atomic E-state index is -0.914. The van der Waals surface area contributed by atoms with Crippen LogP contribution in [0.4, 0.5) is 0 Å². The van der Waals surface area contributed by atoms with Crippen molar-refractivity contribution >= 4 is 77.7 Å². The van der Waals surface area contributed by atoms with E-state index < -0.39 is 12.0 Å². The number of nitrogens with zero attached hydrogens (tertiary/aromatic N) is 4. The molecule has 1 unspecified atom stereocenters. The Kier molecular flexibility index (Phi) is 14.7. The number of thiol groups is 1. The van der Waals surface area contributed by atoms with Crippen molar-refractivity contribution < 1.29 is 9.90 Å². The summed E-state index contributed by atoms with van der Waals surface area (Å²) < 4.78 is 1.26. The van der Waals surface area contributed by atoms with Gasteiger partial charge in [0.15, 0.2) is 6.04 Å². The molecule has 1 atom stereocenters. The molecule has 1 aromatic rings. The van der Waals surface area contributed by atoms with E-state index in [2.05, 4.69) is 35.1 Å². The van der Waals surface area contributed by atoms with E-state index in [1.807, 2.05) is 0 Å². The predicted molar refractivity (Wildman–Crippen MR) is 79.4 cm³/mol. The zero-order valence-electron chi connectivity index (χ0n) is 9.91. The van der Waals surface area contributed by atoms with E-state index in [1.54, 1.807) is 0 Å². The molecule has 100 valence electrons. The van der Waals surface area contributed by atoms with Gasteiger partial charge in [-0.3, -0.25) is 0 Å². The summed E-state index contributed by atoms with van der Waals surface area (Å²) in [5.74, 6) is -0.914. The van der Waals surface area contributed by atoms with Gasteiger partial charge in [0.25, 0.3) is 0 Å². The third-order valence-corrected chi connectivity index (χ3v) is 2.93. The first-order valence-electron chi connectivity index (χ1n) is 5.86. The van der Waals surface area contributed by atoms with Crippen molar-refractivity contribution in [3.8, 4) is 0 Å². The van der Waals surface area contributed by atoms with Crippen LogP contribution in [0.5, 0.6) is 0 Å². The fraction of sp³-hybridized carbons (Fsp3) is 0.800. The van der Waals surface area contributed by atoms with Crippen LogP contribution in [0.1, 0.15) is 51.5 Å². The first-order valence-corrected chi connectivity index (χ1v) is 6.31. The van der Waals surface area contributed by atoms with E-state index in [4.69, 9.17) is 5.11 Å². The maximum absolute atomic E-state index is 11.1. The van der Waals surface area contributed by atoms with Crippen LogP contribution in [0, 0.1) is 0 Å². The Morgan fingerprint density at radius 1 is 1.32 bits per heavy atom. The molecule has 0 fully saturated rings.